The standard InChI is InChI=1S/C19H27N3O3.C2HF3O2/c23-18(21-8-1-2-9-21)14-25-17-6-5-16-19(17)24-11-10-22(16)13-15-4-3-7-20-12-15;3-2(4,5)1(6)7/h3-4,7,12,16-17,19H,1-2,5-6,8-11,13-14H2;(H,6,7)/t16-,17+,19+;/m0./s1. The Labute approximate surface area is 184 Å². The third-order valence-electron chi connectivity index (χ3n) is 5.88. The van der Waals surface area contributed by atoms with E-state index in [1.807, 2.05) is 23.4 Å². The Balaban J connectivity index is 0.000000360. The van der Waals surface area contributed by atoms with Crippen LogP contribution in [0.4, 0.5) is 13.2 Å². The molecule has 4 rings (SSSR count). The first kappa shape index (κ1) is 24.4. The zero-order valence-corrected chi connectivity index (χ0v) is 17.7. The number of aromatic nitrogens is 1. The van der Waals surface area contributed by atoms with E-state index < -0.39 is 12.1 Å². The van der Waals surface area contributed by atoms with E-state index >= 15 is 0 Å². The van der Waals surface area contributed by atoms with Crippen molar-refractivity contribution in [3.63, 3.8) is 0 Å². The summed E-state index contributed by atoms with van der Waals surface area (Å²) in [6.45, 7) is 4.52. The zero-order valence-electron chi connectivity index (χ0n) is 17.7. The van der Waals surface area contributed by atoms with Gasteiger partial charge in [0.25, 0.3) is 0 Å². The van der Waals surface area contributed by atoms with E-state index in [2.05, 4.69) is 16.0 Å². The molecule has 0 bridgehead atoms. The number of pyridine rings is 1. The lowest BCUT2D eigenvalue weighted by atomic mass is 10.1. The molecule has 0 unspecified atom stereocenters. The lowest BCUT2D eigenvalue weighted by molar-refractivity contribution is -0.192. The van der Waals surface area contributed by atoms with Crippen molar-refractivity contribution in [1.82, 2.24) is 14.8 Å². The summed E-state index contributed by atoms with van der Waals surface area (Å²) in [6.07, 6.45) is 3.04. The number of hydrogen-bond donors (Lipinski definition) is 1. The van der Waals surface area contributed by atoms with E-state index in [4.69, 9.17) is 19.4 Å². The van der Waals surface area contributed by atoms with Gasteiger partial charge in [0.15, 0.2) is 0 Å². The maximum absolute atomic E-state index is 12.2. The van der Waals surface area contributed by atoms with Gasteiger partial charge in [0.2, 0.25) is 5.91 Å². The van der Waals surface area contributed by atoms with Crippen molar-refractivity contribution in [2.75, 3.05) is 32.8 Å². The second-order valence-electron chi connectivity index (χ2n) is 8.05. The van der Waals surface area contributed by atoms with Gasteiger partial charge in [-0.15, -0.1) is 0 Å². The summed E-state index contributed by atoms with van der Waals surface area (Å²) in [4.78, 5) is 29.7. The minimum atomic E-state index is -5.08. The van der Waals surface area contributed by atoms with Crippen LogP contribution in [0.5, 0.6) is 0 Å². The smallest absolute Gasteiger partial charge is 0.475 e. The Morgan fingerprint density at radius 3 is 2.56 bits per heavy atom. The average Bonchev–Trinajstić information content (AvgIpc) is 3.43. The van der Waals surface area contributed by atoms with Crippen LogP contribution >= 0.6 is 0 Å². The number of carbonyl (C=O) groups excluding carboxylic acids is 1. The summed E-state index contributed by atoms with van der Waals surface area (Å²) in [7, 11) is 0. The molecule has 3 aliphatic rings. The molecular weight excluding hydrogens is 431 g/mol. The van der Waals surface area contributed by atoms with Crippen molar-refractivity contribution in [3.8, 4) is 0 Å². The van der Waals surface area contributed by atoms with Gasteiger partial charge in [0.1, 0.15) is 6.61 Å². The van der Waals surface area contributed by atoms with Crippen molar-refractivity contribution in [1.29, 1.82) is 0 Å². The predicted molar refractivity (Wildman–Crippen MR) is 107 cm³/mol. The van der Waals surface area contributed by atoms with Crippen LogP contribution in [0.3, 0.4) is 0 Å². The molecule has 1 saturated carbocycles. The lowest BCUT2D eigenvalue weighted by Crippen LogP contribution is -2.51. The minimum Gasteiger partial charge on any atom is -0.475 e. The van der Waals surface area contributed by atoms with Gasteiger partial charge in [-0.05, 0) is 37.3 Å². The maximum atomic E-state index is 12.2. The van der Waals surface area contributed by atoms with Crippen LogP contribution < -0.4 is 0 Å². The fourth-order valence-electron chi connectivity index (χ4n) is 4.33. The van der Waals surface area contributed by atoms with Gasteiger partial charge in [-0.2, -0.15) is 13.2 Å². The Hall–Kier alpha value is -2.24. The van der Waals surface area contributed by atoms with E-state index in [-0.39, 0.29) is 24.7 Å². The molecule has 1 aromatic heterocycles. The molecule has 2 aliphatic heterocycles. The number of carboxylic acids is 1. The van der Waals surface area contributed by atoms with Crippen LogP contribution in [0.2, 0.25) is 0 Å². The highest BCUT2D eigenvalue weighted by molar-refractivity contribution is 5.77. The first-order valence-electron chi connectivity index (χ1n) is 10.7. The number of fused-ring (bicyclic) bond motifs is 1. The second-order valence-corrected chi connectivity index (χ2v) is 8.05. The molecule has 1 aromatic rings. The average molecular weight is 459 g/mol. The number of aliphatic carboxylic acids is 1. The third kappa shape index (κ3) is 6.63. The SMILES string of the molecule is O=C(CO[C@@H]1CC[C@H]2[C@H]1OCCN2Cc1cccnc1)N1CCCC1.O=C(O)C(F)(F)F. The predicted octanol–water partition coefficient (Wildman–Crippen LogP) is 2.09. The minimum absolute atomic E-state index is 0.0354. The van der Waals surface area contributed by atoms with Gasteiger partial charge in [-0.1, -0.05) is 6.07 Å². The summed E-state index contributed by atoms with van der Waals surface area (Å²) >= 11 is 0. The largest absolute Gasteiger partial charge is 0.490 e. The number of amides is 1. The molecule has 32 heavy (non-hydrogen) atoms. The number of alkyl halides is 3. The summed E-state index contributed by atoms with van der Waals surface area (Å²) in [5.74, 6) is -2.63. The quantitative estimate of drug-likeness (QED) is 0.721. The van der Waals surface area contributed by atoms with E-state index in [1.165, 1.54) is 5.56 Å². The lowest BCUT2D eigenvalue weighted by Gasteiger charge is -2.39. The van der Waals surface area contributed by atoms with Crippen molar-refractivity contribution in [2.45, 2.75) is 56.7 Å². The summed E-state index contributed by atoms with van der Waals surface area (Å²) in [5.41, 5.74) is 1.23. The topological polar surface area (TPSA) is 92.2 Å². The van der Waals surface area contributed by atoms with Crippen LogP contribution in [0, 0.1) is 0 Å². The molecule has 3 heterocycles. The molecule has 8 nitrogen and oxygen atoms in total. The Morgan fingerprint density at radius 1 is 1.22 bits per heavy atom. The molecule has 3 atom stereocenters. The van der Waals surface area contributed by atoms with Gasteiger partial charge >= 0.3 is 12.1 Å². The molecule has 0 spiro atoms. The molecule has 1 aliphatic carbocycles. The monoisotopic (exact) mass is 459 g/mol. The number of hydrogen-bond acceptors (Lipinski definition) is 6. The molecule has 1 N–H and O–H groups in total. The van der Waals surface area contributed by atoms with Crippen molar-refractivity contribution in [2.24, 2.45) is 0 Å². The summed E-state index contributed by atoms with van der Waals surface area (Å²) < 4.78 is 43.8. The first-order valence-corrected chi connectivity index (χ1v) is 10.7. The van der Waals surface area contributed by atoms with Crippen molar-refractivity contribution < 1.29 is 37.3 Å². The summed E-state index contributed by atoms with van der Waals surface area (Å²) in [5, 5.41) is 7.12. The van der Waals surface area contributed by atoms with Gasteiger partial charge in [-0.3, -0.25) is 14.7 Å². The van der Waals surface area contributed by atoms with Gasteiger partial charge in [0, 0.05) is 44.6 Å². The van der Waals surface area contributed by atoms with Gasteiger partial charge in [0.05, 0.1) is 18.8 Å². The molecule has 3 fully saturated rings. The number of carbonyl (C=O) groups is 2. The molecule has 0 aromatic carbocycles. The first-order chi connectivity index (χ1) is 15.3. The fourth-order valence-corrected chi connectivity index (χ4v) is 4.33. The molecule has 11 heteroatoms. The molecule has 2 saturated heterocycles. The van der Waals surface area contributed by atoms with E-state index in [9.17, 15) is 18.0 Å². The third-order valence-corrected chi connectivity index (χ3v) is 5.88. The van der Waals surface area contributed by atoms with Crippen LogP contribution in [0.25, 0.3) is 0 Å². The maximum Gasteiger partial charge on any atom is 0.490 e. The number of likely N-dealkylation sites (tertiary alicyclic amines) is 1. The van der Waals surface area contributed by atoms with Gasteiger partial charge < -0.3 is 19.5 Å². The van der Waals surface area contributed by atoms with E-state index in [1.54, 1.807) is 0 Å². The fraction of sp³-hybridized carbons (Fsp3) is 0.667. The highest BCUT2D eigenvalue weighted by Gasteiger charge is 2.43. The van der Waals surface area contributed by atoms with E-state index in [0.717, 1.165) is 58.5 Å². The molecule has 1 amide bonds. The summed E-state index contributed by atoms with van der Waals surface area (Å²) in [6, 6.07) is 4.48. The van der Waals surface area contributed by atoms with Crippen molar-refractivity contribution >= 4 is 11.9 Å². The van der Waals surface area contributed by atoms with Crippen LogP contribution in [0.1, 0.15) is 31.2 Å². The van der Waals surface area contributed by atoms with Crippen LogP contribution in [-0.4, -0.2) is 89.0 Å². The second kappa shape index (κ2) is 11.1. The number of nitrogens with zero attached hydrogens (tertiary/aromatic N) is 3. The van der Waals surface area contributed by atoms with Gasteiger partial charge in [-0.25, -0.2) is 4.79 Å². The number of ether oxygens (including phenoxy) is 2. The molecule has 178 valence electrons. The number of rotatable bonds is 5. The Bertz CT molecular complexity index is 759. The molecule has 0 radical (unpaired) electrons. The number of carboxylic acid groups (broad SMARTS) is 1. The number of halogens is 3. The Kier molecular flexibility index (Phi) is 8.44. The highest BCUT2D eigenvalue weighted by atomic mass is 19.4. The number of morpholine rings is 1. The van der Waals surface area contributed by atoms with E-state index in [0.29, 0.717) is 6.04 Å². The van der Waals surface area contributed by atoms with Crippen LogP contribution in [0.15, 0.2) is 24.5 Å². The molecular formula is C21H28F3N3O5. The highest BCUT2D eigenvalue weighted by Crippen LogP contribution is 2.33. The normalized spacial score (nSPS) is 25.7. The van der Waals surface area contributed by atoms with Crippen molar-refractivity contribution in [3.05, 3.63) is 30.1 Å². The Morgan fingerprint density at radius 2 is 1.94 bits per heavy atom. The van der Waals surface area contributed by atoms with Crippen LogP contribution in [-0.2, 0) is 25.6 Å². The zero-order chi connectivity index (χ0) is 23.1.